The van der Waals surface area contributed by atoms with Crippen molar-refractivity contribution in [1.29, 1.82) is 0 Å². The average Bonchev–Trinajstić information content (AvgIpc) is 3.56. The van der Waals surface area contributed by atoms with Gasteiger partial charge in [0.1, 0.15) is 17.3 Å². The first-order valence-corrected chi connectivity index (χ1v) is 12.9. The van der Waals surface area contributed by atoms with Crippen molar-refractivity contribution in [3.63, 3.8) is 0 Å². The van der Waals surface area contributed by atoms with E-state index in [9.17, 15) is 24.3 Å². The highest BCUT2D eigenvalue weighted by molar-refractivity contribution is 5.99. The maximum absolute atomic E-state index is 13.7. The molecule has 1 heterocycles. The number of nitrogens with one attached hydrogen (secondary N) is 3. The Bertz CT molecular complexity index is 1180. The van der Waals surface area contributed by atoms with Crippen LogP contribution in [-0.2, 0) is 32.0 Å². The summed E-state index contributed by atoms with van der Waals surface area (Å²) >= 11 is 0. The van der Waals surface area contributed by atoms with Gasteiger partial charge in [-0.05, 0) is 48.9 Å². The fourth-order valence-corrected chi connectivity index (χ4v) is 4.77. The van der Waals surface area contributed by atoms with Gasteiger partial charge < -0.3 is 25.8 Å². The van der Waals surface area contributed by atoms with Gasteiger partial charge in [0.05, 0.1) is 19.8 Å². The lowest BCUT2D eigenvalue weighted by Gasteiger charge is -2.29. The van der Waals surface area contributed by atoms with E-state index in [1.807, 2.05) is 37.3 Å². The Morgan fingerprint density at radius 1 is 0.947 bits per heavy atom. The number of methoxy groups -OCH3 is 1. The fraction of sp³-hybridized carbons (Fsp3) is 0.448. The summed E-state index contributed by atoms with van der Waals surface area (Å²) in [5.74, 6) is -0.863. The quantitative estimate of drug-likeness (QED) is 0.334. The maximum Gasteiger partial charge on any atom is 0.248 e. The summed E-state index contributed by atoms with van der Waals surface area (Å²) in [4.78, 5) is 52.2. The SMILES string of the molecule is COc1ccc(C[C@H](NC(=O)[C@@]2(CO)CCC(=O)N2)C(=O)N[C@@H](Cc2ccccc2)C(=O)C2(C)CC2)cc1. The average molecular weight is 522 g/mol. The number of Topliss-reactive ketones (excluding diaryl/α,β-unsaturated/α-hetero) is 1. The number of ether oxygens (including phenoxy) is 1. The lowest BCUT2D eigenvalue weighted by molar-refractivity contribution is -0.136. The number of carbonyl (C=O) groups is 4. The number of ketones is 1. The zero-order valence-electron chi connectivity index (χ0n) is 21.8. The van der Waals surface area contributed by atoms with E-state index in [4.69, 9.17) is 4.74 Å². The molecule has 0 unspecified atom stereocenters. The van der Waals surface area contributed by atoms with E-state index in [0.717, 1.165) is 24.0 Å². The van der Waals surface area contributed by atoms with E-state index in [1.54, 1.807) is 31.4 Å². The minimum Gasteiger partial charge on any atom is -0.497 e. The number of benzene rings is 2. The largest absolute Gasteiger partial charge is 0.497 e. The van der Waals surface area contributed by atoms with Crippen molar-refractivity contribution in [2.75, 3.05) is 13.7 Å². The van der Waals surface area contributed by atoms with Gasteiger partial charge in [0, 0.05) is 18.3 Å². The summed E-state index contributed by atoms with van der Waals surface area (Å²) in [6, 6.07) is 14.8. The van der Waals surface area contributed by atoms with Crippen LogP contribution in [0.3, 0.4) is 0 Å². The van der Waals surface area contributed by atoms with E-state index in [1.165, 1.54) is 0 Å². The van der Waals surface area contributed by atoms with Gasteiger partial charge in [0.15, 0.2) is 5.78 Å². The highest BCUT2D eigenvalue weighted by Gasteiger charge is 2.48. The number of carbonyl (C=O) groups excluding carboxylic acids is 4. The fourth-order valence-electron chi connectivity index (χ4n) is 4.77. The topological polar surface area (TPSA) is 134 Å². The van der Waals surface area contributed by atoms with Crippen molar-refractivity contribution in [3.05, 3.63) is 65.7 Å². The van der Waals surface area contributed by atoms with Crippen LogP contribution in [0.5, 0.6) is 5.75 Å². The number of hydrogen-bond acceptors (Lipinski definition) is 6. The number of amides is 3. The van der Waals surface area contributed by atoms with Crippen LogP contribution in [0.2, 0.25) is 0 Å². The van der Waals surface area contributed by atoms with Crippen LogP contribution in [0, 0.1) is 5.41 Å². The van der Waals surface area contributed by atoms with Crippen molar-refractivity contribution in [1.82, 2.24) is 16.0 Å². The van der Waals surface area contributed by atoms with Crippen LogP contribution < -0.4 is 20.7 Å². The monoisotopic (exact) mass is 521 g/mol. The minimum absolute atomic E-state index is 0.0286. The van der Waals surface area contributed by atoms with Crippen molar-refractivity contribution in [3.8, 4) is 5.75 Å². The molecule has 202 valence electrons. The zero-order valence-corrected chi connectivity index (χ0v) is 21.8. The standard InChI is InChI=1S/C29H35N3O6/c1-28(14-15-28)25(35)22(16-19-6-4-3-5-7-19)30-26(36)23(17-20-8-10-21(38-2)11-9-20)31-27(37)29(18-33)13-12-24(34)32-29/h3-11,22-23,33H,12-18H2,1-2H3,(H,30,36)(H,31,37)(H,32,34)/t22-,23-,29-/m0/s1. The third kappa shape index (κ3) is 6.22. The predicted octanol–water partition coefficient (Wildman–Crippen LogP) is 1.46. The Morgan fingerprint density at radius 3 is 2.13 bits per heavy atom. The molecule has 0 bridgehead atoms. The Hall–Kier alpha value is -3.72. The van der Waals surface area contributed by atoms with Gasteiger partial charge in [-0.3, -0.25) is 19.2 Å². The Kier molecular flexibility index (Phi) is 8.16. The van der Waals surface area contributed by atoms with Gasteiger partial charge in [-0.15, -0.1) is 0 Å². The predicted molar refractivity (Wildman–Crippen MR) is 140 cm³/mol. The van der Waals surface area contributed by atoms with Crippen LogP contribution in [0.25, 0.3) is 0 Å². The Labute approximate surface area is 222 Å². The van der Waals surface area contributed by atoms with Crippen LogP contribution in [0.1, 0.15) is 43.7 Å². The second kappa shape index (κ2) is 11.3. The van der Waals surface area contributed by atoms with Crippen molar-refractivity contribution in [2.24, 2.45) is 5.41 Å². The summed E-state index contributed by atoms with van der Waals surface area (Å²) in [5, 5.41) is 18.2. The van der Waals surface area contributed by atoms with Gasteiger partial charge in [-0.2, -0.15) is 0 Å². The molecule has 3 amide bonds. The molecule has 1 saturated carbocycles. The van der Waals surface area contributed by atoms with E-state index in [0.29, 0.717) is 12.2 Å². The second-order valence-electron chi connectivity index (χ2n) is 10.5. The highest BCUT2D eigenvalue weighted by atomic mass is 16.5. The minimum atomic E-state index is -1.49. The van der Waals surface area contributed by atoms with E-state index in [2.05, 4.69) is 16.0 Å². The normalized spacial score (nSPS) is 21.1. The zero-order chi connectivity index (χ0) is 27.3. The summed E-state index contributed by atoms with van der Waals surface area (Å²) in [6.45, 7) is 1.32. The van der Waals surface area contributed by atoms with Gasteiger partial charge in [-0.25, -0.2) is 0 Å². The van der Waals surface area contributed by atoms with Crippen molar-refractivity contribution >= 4 is 23.5 Å². The summed E-state index contributed by atoms with van der Waals surface area (Å²) < 4.78 is 5.21. The second-order valence-corrected chi connectivity index (χ2v) is 10.5. The van der Waals surface area contributed by atoms with Crippen molar-refractivity contribution in [2.45, 2.75) is 63.1 Å². The summed E-state index contributed by atoms with van der Waals surface area (Å²) in [6.07, 6.45) is 2.25. The molecule has 3 atom stereocenters. The molecule has 0 aromatic heterocycles. The van der Waals surface area contributed by atoms with Crippen LogP contribution in [0.4, 0.5) is 0 Å². The lowest BCUT2D eigenvalue weighted by Crippen LogP contribution is -2.62. The molecule has 1 aliphatic carbocycles. The lowest BCUT2D eigenvalue weighted by atomic mass is 9.91. The molecule has 0 radical (unpaired) electrons. The number of aliphatic hydroxyl groups is 1. The first-order valence-electron chi connectivity index (χ1n) is 12.9. The third-order valence-electron chi connectivity index (χ3n) is 7.59. The number of aliphatic hydroxyl groups excluding tert-OH is 1. The van der Waals surface area contributed by atoms with E-state index < -0.39 is 41.5 Å². The molecule has 2 fully saturated rings. The molecule has 0 spiro atoms. The summed E-state index contributed by atoms with van der Waals surface area (Å²) in [7, 11) is 1.56. The molecule has 2 aromatic rings. The van der Waals surface area contributed by atoms with Gasteiger partial charge in [0.25, 0.3) is 0 Å². The Balaban J connectivity index is 1.57. The molecule has 9 nitrogen and oxygen atoms in total. The van der Waals surface area contributed by atoms with E-state index in [-0.39, 0.29) is 31.0 Å². The molecular formula is C29H35N3O6. The highest BCUT2D eigenvalue weighted by Crippen LogP contribution is 2.46. The smallest absolute Gasteiger partial charge is 0.248 e. The molecule has 2 aliphatic rings. The number of hydrogen-bond donors (Lipinski definition) is 4. The first kappa shape index (κ1) is 27.3. The molecule has 1 saturated heterocycles. The third-order valence-corrected chi connectivity index (χ3v) is 7.59. The van der Waals surface area contributed by atoms with Crippen LogP contribution >= 0.6 is 0 Å². The van der Waals surface area contributed by atoms with Gasteiger partial charge in [-0.1, -0.05) is 49.4 Å². The van der Waals surface area contributed by atoms with E-state index >= 15 is 0 Å². The molecule has 1 aliphatic heterocycles. The molecule has 4 rings (SSSR count). The summed E-state index contributed by atoms with van der Waals surface area (Å²) in [5.41, 5.74) is -0.272. The molecule has 38 heavy (non-hydrogen) atoms. The van der Waals surface area contributed by atoms with Crippen LogP contribution in [-0.4, -0.2) is 60.0 Å². The number of rotatable bonds is 12. The molecular weight excluding hydrogens is 486 g/mol. The molecule has 9 heteroatoms. The first-order chi connectivity index (χ1) is 18.2. The maximum atomic E-state index is 13.7. The van der Waals surface area contributed by atoms with Gasteiger partial charge in [0.2, 0.25) is 17.7 Å². The van der Waals surface area contributed by atoms with Crippen molar-refractivity contribution < 1.29 is 29.0 Å². The molecule has 2 aromatic carbocycles. The molecule has 4 N–H and O–H groups in total. The van der Waals surface area contributed by atoms with Gasteiger partial charge >= 0.3 is 0 Å². The Morgan fingerprint density at radius 2 is 1.58 bits per heavy atom. The van der Waals surface area contributed by atoms with Crippen LogP contribution in [0.15, 0.2) is 54.6 Å².